The highest BCUT2D eigenvalue weighted by atomic mass is 35.5. The summed E-state index contributed by atoms with van der Waals surface area (Å²) in [6, 6.07) is 8.78. The molecule has 0 saturated heterocycles. The Balaban J connectivity index is 2.13. The lowest BCUT2D eigenvalue weighted by atomic mass is 10.0. The van der Waals surface area contributed by atoms with Gasteiger partial charge < -0.3 is 9.84 Å². The number of carbonyl (C=O) groups is 1. The number of benzene rings is 1. The van der Waals surface area contributed by atoms with Crippen molar-refractivity contribution in [2.45, 2.75) is 13.3 Å². The van der Waals surface area contributed by atoms with E-state index in [2.05, 4.69) is 10.1 Å². The quantitative estimate of drug-likeness (QED) is 0.744. The van der Waals surface area contributed by atoms with E-state index in [-0.39, 0.29) is 24.6 Å². The zero-order chi connectivity index (χ0) is 16.4. The lowest BCUT2D eigenvalue weighted by Gasteiger charge is -2.11. The summed E-state index contributed by atoms with van der Waals surface area (Å²) in [4.78, 5) is 16.5. The Kier molecular flexibility index (Phi) is 4.16. The van der Waals surface area contributed by atoms with Crippen LogP contribution < -0.4 is 0 Å². The number of hydrogen-bond acceptors (Lipinski definition) is 5. The fourth-order valence-corrected chi connectivity index (χ4v) is 2.56. The third kappa shape index (κ3) is 2.98. The monoisotopic (exact) mass is 331 g/mol. The summed E-state index contributed by atoms with van der Waals surface area (Å²) >= 11 is 5.99. The molecule has 0 aliphatic heterocycles. The second kappa shape index (κ2) is 6.26. The first-order chi connectivity index (χ1) is 11.1. The number of ether oxygens (including phenoxy) is 1. The summed E-state index contributed by atoms with van der Waals surface area (Å²) in [5.74, 6) is -0.716. The lowest BCUT2D eigenvalue weighted by molar-refractivity contribution is 0.0517. The van der Waals surface area contributed by atoms with Gasteiger partial charge in [-0.1, -0.05) is 23.7 Å². The van der Waals surface area contributed by atoms with Crippen molar-refractivity contribution in [1.29, 1.82) is 0 Å². The fraction of sp³-hybridized carbons (Fsp3) is 0.188. The molecule has 0 bridgehead atoms. The summed E-state index contributed by atoms with van der Waals surface area (Å²) in [7, 11) is 0. The van der Waals surface area contributed by atoms with Crippen LogP contribution in [-0.2, 0) is 11.2 Å². The molecule has 23 heavy (non-hydrogen) atoms. The Morgan fingerprint density at radius 1 is 1.39 bits per heavy atom. The van der Waals surface area contributed by atoms with Crippen molar-refractivity contribution in [2.24, 2.45) is 0 Å². The number of fused-ring (bicyclic) bond motifs is 1. The molecule has 0 atom stereocenters. The van der Waals surface area contributed by atoms with Crippen LogP contribution in [0.3, 0.4) is 0 Å². The number of nitrogens with zero attached hydrogens (tertiary/aromatic N) is 3. The normalized spacial score (nSPS) is 10.9. The predicted octanol–water partition coefficient (Wildman–Crippen LogP) is 2.86. The van der Waals surface area contributed by atoms with Crippen LogP contribution >= 0.6 is 11.6 Å². The minimum absolute atomic E-state index is 0.0809. The summed E-state index contributed by atoms with van der Waals surface area (Å²) in [6.07, 6.45) is 1.78. The Morgan fingerprint density at radius 2 is 2.22 bits per heavy atom. The van der Waals surface area contributed by atoms with Gasteiger partial charge in [-0.15, -0.1) is 0 Å². The molecule has 0 fully saturated rings. The molecule has 7 heteroatoms. The molecule has 1 aromatic carbocycles. The Hall–Kier alpha value is -2.60. The standard InChI is InChI=1S/C16H14ClN3O3/c1-2-23-16(22)14-12(9-10-4-3-5-11(17)8-10)15(21)20-13(19-14)6-7-18-20/h3-8,21H,2,9H2,1H3. The molecule has 0 saturated carbocycles. The van der Waals surface area contributed by atoms with Crippen molar-refractivity contribution in [3.8, 4) is 5.88 Å². The highest BCUT2D eigenvalue weighted by Gasteiger charge is 2.22. The average molecular weight is 332 g/mol. The third-order valence-corrected chi connectivity index (χ3v) is 3.58. The van der Waals surface area contributed by atoms with Gasteiger partial charge in [0.1, 0.15) is 0 Å². The minimum Gasteiger partial charge on any atom is -0.493 e. The van der Waals surface area contributed by atoms with Crippen molar-refractivity contribution in [3.05, 3.63) is 58.4 Å². The van der Waals surface area contributed by atoms with E-state index in [1.54, 1.807) is 31.2 Å². The largest absolute Gasteiger partial charge is 0.493 e. The maximum absolute atomic E-state index is 12.2. The molecule has 6 nitrogen and oxygen atoms in total. The van der Waals surface area contributed by atoms with Crippen LogP contribution in [0, 0.1) is 0 Å². The Morgan fingerprint density at radius 3 is 2.96 bits per heavy atom. The SMILES string of the molecule is CCOC(=O)c1nc2ccnn2c(O)c1Cc1cccc(Cl)c1. The molecule has 2 heterocycles. The predicted molar refractivity (Wildman–Crippen MR) is 84.9 cm³/mol. The number of aromatic hydroxyl groups is 1. The average Bonchev–Trinajstić information content (AvgIpc) is 2.99. The van der Waals surface area contributed by atoms with Gasteiger partial charge in [0.05, 0.1) is 18.4 Å². The van der Waals surface area contributed by atoms with Crippen LogP contribution in [0.4, 0.5) is 0 Å². The van der Waals surface area contributed by atoms with Gasteiger partial charge in [0.15, 0.2) is 11.3 Å². The van der Waals surface area contributed by atoms with Crippen molar-refractivity contribution >= 4 is 23.2 Å². The van der Waals surface area contributed by atoms with Crippen LogP contribution in [0.5, 0.6) is 5.88 Å². The van der Waals surface area contributed by atoms with Crippen molar-refractivity contribution < 1.29 is 14.6 Å². The van der Waals surface area contributed by atoms with Gasteiger partial charge in [-0.05, 0) is 24.6 Å². The number of halogens is 1. The van der Waals surface area contributed by atoms with Gasteiger partial charge >= 0.3 is 5.97 Å². The van der Waals surface area contributed by atoms with Gasteiger partial charge in [0, 0.05) is 17.5 Å². The summed E-state index contributed by atoms with van der Waals surface area (Å²) < 4.78 is 6.32. The molecule has 3 aromatic rings. The van der Waals surface area contributed by atoms with Gasteiger partial charge in [0.2, 0.25) is 5.88 Å². The molecule has 0 aliphatic rings. The summed E-state index contributed by atoms with van der Waals surface area (Å²) in [6.45, 7) is 1.94. The van der Waals surface area contributed by atoms with Crippen LogP contribution in [0.1, 0.15) is 28.5 Å². The fourth-order valence-electron chi connectivity index (χ4n) is 2.34. The summed E-state index contributed by atoms with van der Waals surface area (Å²) in [5, 5.41) is 15.1. The maximum Gasteiger partial charge on any atom is 0.357 e. The van der Waals surface area contributed by atoms with E-state index >= 15 is 0 Å². The van der Waals surface area contributed by atoms with Crippen LogP contribution in [0.2, 0.25) is 5.02 Å². The molecule has 0 radical (unpaired) electrons. The van der Waals surface area contributed by atoms with Crippen LogP contribution in [-0.4, -0.2) is 32.3 Å². The van der Waals surface area contributed by atoms with E-state index < -0.39 is 5.97 Å². The van der Waals surface area contributed by atoms with Crippen molar-refractivity contribution in [1.82, 2.24) is 14.6 Å². The molecule has 0 amide bonds. The highest BCUT2D eigenvalue weighted by molar-refractivity contribution is 6.30. The second-order valence-corrected chi connectivity index (χ2v) is 5.33. The molecule has 1 N–H and O–H groups in total. The molecule has 0 spiro atoms. The van der Waals surface area contributed by atoms with Crippen LogP contribution in [0.25, 0.3) is 5.65 Å². The van der Waals surface area contributed by atoms with Crippen molar-refractivity contribution in [2.75, 3.05) is 6.61 Å². The first-order valence-electron chi connectivity index (χ1n) is 7.07. The van der Waals surface area contributed by atoms with E-state index in [9.17, 15) is 9.90 Å². The van der Waals surface area contributed by atoms with Gasteiger partial charge in [0.25, 0.3) is 0 Å². The van der Waals surface area contributed by atoms with E-state index in [4.69, 9.17) is 16.3 Å². The molecule has 0 aliphatic carbocycles. The van der Waals surface area contributed by atoms with E-state index in [0.29, 0.717) is 16.2 Å². The number of rotatable bonds is 4. The first kappa shape index (κ1) is 15.3. The number of aromatic nitrogens is 3. The first-order valence-corrected chi connectivity index (χ1v) is 7.45. The molecular weight excluding hydrogens is 318 g/mol. The van der Waals surface area contributed by atoms with E-state index in [1.807, 2.05) is 6.07 Å². The Bertz CT molecular complexity index is 876. The van der Waals surface area contributed by atoms with E-state index in [0.717, 1.165) is 5.56 Å². The minimum atomic E-state index is -0.580. The molecule has 0 unspecified atom stereocenters. The highest BCUT2D eigenvalue weighted by Crippen LogP contribution is 2.26. The van der Waals surface area contributed by atoms with Gasteiger partial charge in [-0.25, -0.2) is 9.78 Å². The van der Waals surface area contributed by atoms with Crippen molar-refractivity contribution in [3.63, 3.8) is 0 Å². The topological polar surface area (TPSA) is 76.7 Å². The number of carbonyl (C=O) groups excluding carboxylic acids is 1. The number of hydrogen-bond donors (Lipinski definition) is 1. The summed E-state index contributed by atoms with van der Waals surface area (Å²) in [5.41, 5.74) is 1.64. The van der Waals surface area contributed by atoms with Gasteiger partial charge in [-0.2, -0.15) is 9.61 Å². The smallest absolute Gasteiger partial charge is 0.357 e. The molecular formula is C16H14ClN3O3. The number of esters is 1. The zero-order valence-electron chi connectivity index (χ0n) is 12.4. The van der Waals surface area contributed by atoms with Crippen LogP contribution in [0.15, 0.2) is 36.5 Å². The lowest BCUT2D eigenvalue weighted by Crippen LogP contribution is -2.13. The third-order valence-electron chi connectivity index (χ3n) is 3.34. The van der Waals surface area contributed by atoms with E-state index in [1.165, 1.54) is 10.7 Å². The maximum atomic E-state index is 12.2. The Labute approximate surface area is 137 Å². The zero-order valence-corrected chi connectivity index (χ0v) is 13.1. The molecule has 118 valence electrons. The molecule has 2 aromatic heterocycles. The molecule has 3 rings (SSSR count). The second-order valence-electron chi connectivity index (χ2n) is 4.89. The van der Waals surface area contributed by atoms with Gasteiger partial charge in [-0.3, -0.25) is 0 Å².